The second-order valence-electron chi connectivity index (χ2n) is 4.78. The first-order valence-corrected chi connectivity index (χ1v) is 5.18. The predicted octanol–water partition coefficient (Wildman–Crippen LogP) is 0.715. The molecule has 0 saturated heterocycles. The summed E-state index contributed by atoms with van der Waals surface area (Å²) in [5.41, 5.74) is -0.468. The first-order valence-electron chi connectivity index (χ1n) is 5.18. The van der Waals surface area contributed by atoms with Crippen molar-refractivity contribution in [3.05, 3.63) is 0 Å². The zero-order valence-corrected chi connectivity index (χ0v) is 9.73. The topological polar surface area (TPSA) is 81.4 Å². The summed E-state index contributed by atoms with van der Waals surface area (Å²) in [7, 11) is 1.60. The van der Waals surface area contributed by atoms with Gasteiger partial charge in [-0.15, -0.1) is 0 Å². The number of aliphatic carboxylic acids is 1. The van der Waals surface area contributed by atoms with Gasteiger partial charge in [0.1, 0.15) is 0 Å². The minimum absolute atomic E-state index is 0.173. The van der Waals surface area contributed by atoms with Crippen LogP contribution in [0.4, 0.5) is 0 Å². The van der Waals surface area contributed by atoms with Gasteiger partial charge in [-0.2, -0.15) is 5.26 Å². The van der Waals surface area contributed by atoms with Gasteiger partial charge in [0.15, 0.2) is 0 Å². The Morgan fingerprint density at radius 3 is 2.38 bits per heavy atom. The van der Waals surface area contributed by atoms with E-state index >= 15 is 0 Å². The molecule has 1 rings (SSSR count). The van der Waals surface area contributed by atoms with Crippen LogP contribution in [0.3, 0.4) is 0 Å². The molecular formula is C11H16N2O3. The maximum absolute atomic E-state index is 11.9. The van der Waals surface area contributed by atoms with E-state index in [1.807, 2.05) is 6.07 Å². The monoisotopic (exact) mass is 224 g/mol. The fraction of sp³-hybridized carbons (Fsp3) is 0.727. The second-order valence-corrected chi connectivity index (χ2v) is 4.78. The summed E-state index contributed by atoms with van der Waals surface area (Å²) < 4.78 is 0. The maximum Gasteiger partial charge on any atom is 0.307 e. The van der Waals surface area contributed by atoms with E-state index in [1.54, 1.807) is 20.9 Å². The summed E-state index contributed by atoms with van der Waals surface area (Å²) in [6.07, 6.45) is 0.271. The quantitative estimate of drug-likeness (QED) is 0.762. The van der Waals surface area contributed by atoms with Crippen LogP contribution in [-0.4, -0.2) is 35.5 Å². The molecule has 0 aromatic rings. The Morgan fingerprint density at radius 2 is 2.00 bits per heavy atom. The van der Waals surface area contributed by atoms with E-state index in [-0.39, 0.29) is 12.3 Å². The Bertz CT molecular complexity index is 357. The highest BCUT2D eigenvalue weighted by Gasteiger charge is 2.66. The molecule has 5 heteroatoms. The molecule has 1 amide bonds. The van der Waals surface area contributed by atoms with Crippen molar-refractivity contribution in [3.63, 3.8) is 0 Å². The van der Waals surface area contributed by atoms with Crippen LogP contribution >= 0.6 is 0 Å². The third kappa shape index (κ3) is 2.01. The number of amides is 1. The lowest BCUT2D eigenvalue weighted by atomic mass is 10.1. The number of nitrogens with zero attached hydrogens (tertiary/aromatic N) is 2. The van der Waals surface area contributed by atoms with Crippen LogP contribution in [0.1, 0.15) is 20.3 Å². The first-order chi connectivity index (χ1) is 7.34. The Morgan fingerprint density at radius 1 is 1.44 bits per heavy atom. The van der Waals surface area contributed by atoms with Crippen LogP contribution in [0.25, 0.3) is 0 Å². The average Bonchev–Trinajstić information content (AvgIpc) is 2.76. The largest absolute Gasteiger partial charge is 0.481 e. The van der Waals surface area contributed by atoms with Gasteiger partial charge in [0, 0.05) is 13.6 Å². The molecule has 0 aliphatic heterocycles. The molecule has 1 N–H and O–H groups in total. The van der Waals surface area contributed by atoms with Gasteiger partial charge in [0.25, 0.3) is 0 Å². The highest BCUT2D eigenvalue weighted by Crippen LogP contribution is 2.58. The predicted molar refractivity (Wildman–Crippen MR) is 56.3 cm³/mol. The van der Waals surface area contributed by atoms with E-state index in [2.05, 4.69) is 0 Å². The normalized spacial score (nSPS) is 25.6. The molecule has 2 atom stereocenters. The molecule has 1 aliphatic rings. The summed E-state index contributed by atoms with van der Waals surface area (Å²) in [6, 6.07) is 1.96. The van der Waals surface area contributed by atoms with Gasteiger partial charge in [-0.3, -0.25) is 9.59 Å². The third-order valence-electron chi connectivity index (χ3n) is 3.29. The van der Waals surface area contributed by atoms with E-state index in [1.165, 1.54) is 4.90 Å². The van der Waals surface area contributed by atoms with Gasteiger partial charge in [-0.25, -0.2) is 0 Å². The van der Waals surface area contributed by atoms with Crippen molar-refractivity contribution in [2.45, 2.75) is 20.3 Å². The number of nitriles is 1. The molecule has 0 bridgehead atoms. The van der Waals surface area contributed by atoms with Crippen LogP contribution < -0.4 is 0 Å². The zero-order valence-electron chi connectivity index (χ0n) is 9.73. The summed E-state index contributed by atoms with van der Waals surface area (Å²) in [6.45, 7) is 3.92. The van der Waals surface area contributed by atoms with Crippen molar-refractivity contribution >= 4 is 11.9 Å². The van der Waals surface area contributed by atoms with Crippen LogP contribution in [0.15, 0.2) is 0 Å². The van der Waals surface area contributed by atoms with Crippen molar-refractivity contribution in [3.8, 4) is 6.07 Å². The van der Waals surface area contributed by atoms with Crippen molar-refractivity contribution in [2.24, 2.45) is 17.3 Å². The number of hydrogen-bond acceptors (Lipinski definition) is 3. The lowest BCUT2D eigenvalue weighted by Crippen LogP contribution is -2.30. The summed E-state index contributed by atoms with van der Waals surface area (Å²) in [4.78, 5) is 24.2. The molecule has 0 spiro atoms. The maximum atomic E-state index is 11.9. The fourth-order valence-electron chi connectivity index (χ4n) is 2.12. The standard InChI is InChI=1S/C11H16N2O3/c1-11(2)7(8(11)10(15)16)9(14)13(3)6-4-5-12/h7-8H,4,6H2,1-3H3,(H,15,16). The molecule has 2 unspecified atom stereocenters. The van der Waals surface area contributed by atoms with Crippen LogP contribution in [0, 0.1) is 28.6 Å². The van der Waals surface area contributed by atoms with Gasteiger partial charge in [0.05, 0.1) is 24.3 Å². The Hall–Kier alpha value is -1.57. The number of carbonyl (C=O) groups is 2. The Balaban J connectivity index is 2.64. The summed E-state index contributed by atoms with van der Waals surface area (Å²) in [5.74, 6) is -2.14. The highest BCUT2D eigenvalue weighted by atomic mass is 16.4. The lowest BCUT2D eigenvalue weighted by Gasteiger charge is -2.16. The van der Waals surface area contributed by atoms with Crippen LogP contribution in [0.2, 0.25) is 0 Å². The number of carbonyl (C=O) groups excluding carboxylic acids is 1. The second kappa shape index (κ2) is 4.12. The molecule has 0 radical (unpaired) electrons. The number of hydrogen-bond donors (Lipinski definition) is 1. The van der Waals surface area contributed by atoms with Crippen LogP contribution in [0.5, 0.6) is 0 Å². The van der Waals surface area contributed by atoms with E-state index in [0.717, 1.165) is 0 Å². The lowest BCUT2D eigenvalue weighted by molar-refractivity contribution is -0.141. The first kappa shape index (κ1) is 12.5. The molecule has 0 aromatic heterocycles. The SMILES string of the molecule is CN(CCC#N)C(=O)C1C(C(=O)O)C1(C)C. The molecule has 16 heavy (non-hydrogen) atoms. The number of rotatable bonds is 4. The molecular weight excluding hydrogens is 208 g/mol. The number of carboxylic acid groups (broad SMARTS) is 1. The van der Waals surface area contributed by atoms with E-state index in [0.29, 0.717) is 6.54 Å². The minimum Gasteiger partial charge on any atom is -0.481 e. The molecule has 88 valence electrons. The van der Waals surface area contributed by atoms with Gasteiger partial charge in [-0.1, -0.05) is 13.8 Å². The van der Waals surface area contributed by atoms with E-state index < -0.39 is 23.2 Å². The Labute approximate surface area is 94.7 Å². The van der Waals surface area contributed by atoms with Crippen molar-refractivity contribution in [2.75, 3.05) is 13.6 Å². The van der Waals surface area contributed by atoms with E-state index in [4.69, 9.17) is 10.4 Å². The van der Waals surface area contributed by atoms with Crippen molar-refractivity contribution < 1.29 is 14.7 Å². The van der Waals surface area contributed by atoms with Crippen molar-refractivity contribution in [1.29, 1.82) is 5.26 Å². The average molecular weight is 224 g/mol. The third-order valence-corrected chi connectivity index (χ3v) is 3.29. The summed E-state index contributed by atoms with van der Waals surface area (Å²) in [5, 5.41) is 17.4. The molecule has 1 fully saturated rings. The number of carboxylic acids is 1. The molecule has 5 nitrogen and oxygen atoms in total. The molecule has 1 aliphatic carbocycles. The molecule has 0 aromatic carbocycles. The minimum atomic E-state index is -0.919. The van der Waals surface area contributed by atoms with Gasteiger partial charge < -0.3 is 10.0 Å². The molecule has 0 heterocycles. The Kier molecular flexibility index (Phi) is 3.22. The van der Waals surface area contributed by atoms with Crippen LogP contribution in [-0.2, 0) is 9.59 Å². The zero-order chi connectivity index (χ0) is 12.5. The fourth-order valence-corrected chi connectivity index (χ4v) is 2.12. The van der Waals surface area contributed by atoms with Gasteiger partial charge in [0.2, 0.25) is 5.91 Å². The van der Waals surface area contributed by atoms with Crippen molar-refractivity contribution in [1.82, 2.24) is 4.90 Å². The van der Waals surface area contributed by atoms with Gasteiger partial charge >= 0.3 is 5.97 Å². The smallest absolute Gasteiger partial charge is 0.307 e. The van der Waals surface area contributed by atoms with Gasteiger partial charge in [-0.05, 0) is 5.41 Å². The highest BCUT2D eigenvalue weighted by molar-refractivity contribution is 5.91. The van der Waals surface area contributed by atoms with E-state index in [9.17, 15) is 9.59 Å². The summed E-state index contributed by atoms with van der Waals surface area (Å²) >= 11 is 0. The molecule has 1 saturated carbocycles.